The normalized spacial score (nSPS) is 11.1. The van der Waals surface area contributed by atoms with Crippen LogP contribution in [0, 0.1) is 6.92 Å². The zero-order chi connectivity index (χ0) is 12.0. The van der Waals surface area contributed by atoms with Crippen LogP contribution >= 0.6 is 0 Å². The number of fused-ring (bicyclic) bond motifs is 2. The molecule has 6 nitrogen and oxygen atoms in total. The van der Waals surface area contributed by atoms with Crippen LogP contribution in [0.1, 0.15) is 5.56 Å². The first kappa shape index (κ1) is 9.71. The van der Waals surface area contributed by atoms with Crippen LogP contribution < -0.4 is 11.0 Å². The van der Waals surface area contributed by atoms with Crippen LogP contribution in [0.3, 0.4) is 0 Å². The molecule has 3 rings (SSSR count). The lowest BCUT2D eigenvalue weighted by atomic mass is 10.1. The Morgan fingerprint density at radius 1 is 1.24 bits per heavy atom. The van der Waals surface area contributed by atoms with E-state index in [4.69, 9.17) is 0 Å². The summed E-state index contributed by atoms with van der Waals surface area (Å²) in [5.41, 5.74) is 0.783. The Kier molecular flexibility index (Phi) is 1.85. The number of nitrogens with zero attached hydrogens (tertiary/aromatic N) is 2. The van der Waals surface area contributed by atoms with Crippen molar-refractivity contribution in [3.63, 3.8) is 0 Å². The largest absolute Gasteiger partial charge is 0.320 e. The van der Waals surface area contributed by atoms with Crippen LogP contribution in [0.15, 0.2) is 27.8 Å². The summed E-state index contributed by atoms with van der Waals surface area (Å²) in [6.07, 6.45) is 0. The summed E-state index contributed by atoms with van der Waals surface area (Å²) in [6.45, 7) is 1.82. The van der Waals surface area contributed by atoms with Crippen molar-refractivity contribution in [3.05, 3.63) is 44.3 Å². The molecule has 0 atom stereocenters. The molecule has 0 bridgehead atoms. The van der Waals surface area contributed by atoms with Crippen molar-refractivity contribution >= 4 is 21.9 Å². The molecule has 1 aromatic carbocycles. The van der Waals surface area contributed by atoms with Gasteiger partial charge in [0.2, 0.25) is 5.43 Å². The number of H-pyrrole nitrogens is 2. The van der Waals surface area contributed by atoms with Gasteiger partial charge in [-0.05, 0) is 18.6 Å². The lowest BCUT2D eigenvalue weighted by molar-refractivity contribution is 0.955. The van der Waals surface area contributed by atoms with Gasteiger partial charge in [-0.1, -0.05) is 17.3 Å². The van der Waals surface area contributed by atoms with Crippen molar-refractivity contribution < 1.29 is 0 Å². The fourth-order valence-electron chi connectivity index (χ4n) is 1.93. The predicted molar refractivity (Wildman–Crippen MR) is 63.0 cm³/mol. The zero-order valence-corrected chi connectivity index (χ0v) is 8.94. The Bertz CT molecular complexity index is 847. The van der Waals surface area contributed by atoms with Gasteiger partial charge in [0, 0.05) is 0 Å². The van der Waals surface area contributed by atoms with E-state index in [1.807, 2.05) is 13.0 Å². The number of aromatic amines is 2. The van der Waals surface area contributed by atoms with E-state index in [1.54, 1.807) is 12.1 Å². The summed E-state index contributed by atoms with van der Waals surface area (Å²) in [4.78, 5) is 26.7. The summed E-state index contributed by atoms with van der Waals surface area (Å²) in [6, 6.07) is 5.29. The second-order valence-corrected chi connectivity index (χ2v) is 3.82. The minimum absolute atomic E-state index is 0.0330. The fraction of sp³-hybridized carbons (Fsp3) is 0.0909. The van der Waals surface area contributed by atoms with Gasteiger partial charge >= 0.3 is 0 Å². The van der Waals surface area contributed by atoms with Crippen molar-refractivity contribution in [2.45, 2.75) is 6.92 Å². The van der Waals surface area contributed by atoms with Crippen molar-refractivity contribution in [3.8, 4) is 0 Å². The van der Waals surface area contributed by atoms with Gasteiger partial charge in [-0.15, -0.1) is 5.10 Å². The lowest BCUT2D eigenvalue weighted by Crippen LogP contribution is -2.03. The van der Waals surface area contributed by atoms with Crippen LogP contribution in [0.5, 0.6) is 0 Å². The third-order valence-corrected chi connectivity index (χ3v) is 2.74. The molecule has 2 heterocycles. The van der Waals surface area contributed by atoms with Gasteiger partial charge in [0.05, 0.1) is 10.9 Å². The molecule has 0 aliphatic carbocycles. The van der Waals surface area contributed by atoms with Crippen LogP contribution in [-0.4, -0.2) is 20.4 Å². The summed E-state index contributed by atoms with van der Waals surface area (Å²) < 4.78 is 0. The van der Waals surface area contributed by atoms with Crippen molar-refractivity contribution in [2.24, 2.45) is 0 Å². The Hall–Kier alpha value is -2.50. The maximum atomic E-state index is 12.3. The van der Waals surface area contributed by atoms with E-state index < -0.39 is 5.56 Å². The number of hydrogen-bond donors (Lipinski definition) is 2. The summed E-state index contributed by atoms with van der Waals surface area (Å²) in [5.74, 6) is 0. The number of nitrogens with one attached hydrogen (secondary N) is 2. The molecule has 0 aliphatic heterocycles. The highest BCUT2D eigenvalue weighted by atomic mass is 16.1. The minimum Gasteiger partial charge on any atom is -0.320 e. The Balaban J connectivity index is 2.81. The molecule has 2 aromatic heterocycles. The van der Waals surface area contributed by atoms with Crippen LogP contribution in [0.4, 0.5) is 0 Å². The number of aromatic nitrogens is 4. The summed E-state index contributed by atoms with van der Waals surface area (Å²) in [7, 11) is 0. The quantitative estimate of drug-likeness (QED) is 0.585. The van der Waals surface area contributed by atoms with Crippen molar-refractivity contribution in [1.29, 1.82) is 0 Å². The molecule has 0 saturated carbocycles. The van der Waals surface area contributed by atoms with Crippen LogP contribution in [0.25, 0.3) is 21.9 Å². The monoisotopic (exact) mass is 228 g/mol. The third-order valence-electron chi connectivity index (χ3n) is 2.74. The molecule has 84 valence electrons. The topological polar surface area (TPSA) is 91.5 Å². The third kappa shape index (κ3) is 1.27. The van der Waals surface area contributed by atoms with Crippen LogP contribution in [0.2, 0.25) is 0 Å². The summed E-state index contributed by atoms with van der Waals surface area (Å²) >= 11 is 0. The zero-order valence-electron chi connectivity index (χ0n) is 8.94. The van der Waals surface area contributed by atoms with E-state index >= 15 is 0 Å². The Morgan fingerprint density at radius 3 is 2.88 bits per heavy atom. The number of benzene rings is 1. The van der Waals surface area contributed by atoms with E-state index in [0.717, 1.165) is 5.56 Å². The Labute approximate surface area is 94.3 Å². The lowest BCUT2D eigenvalue weighted by Gasteiger charge is -1.95. The first-order valence-corrected chi connectivity index (χ1v) is 5.05. The highest BCUT2D eigenvalue weighted by Crippen LogP contribution is 2.11. The van der Waals surface area contributed by atoms with E-state index in [9.17, 15) is 9.59 Å². The molecule has 0 radical (unpaired) electrons. The second-order valence-electron chi connectivity index (χ2n) is 3.82. The molecule has 0 unspecified atom stereocenters. The minimum atomic E-state index is -0.425. The first-order valence-electron chi connectivity index (χ1n) is 5.05. The molecule has 6 heteroatoms. The van der Waals surface area contributed by atoms with Crippen molar-refractivity contribution in [1.82, 2.24) is 20.4 Å². The predicted octanol–water partition coefficient (Wildman–Crippen LogP) is 0.468. The molecular weight excluding hydrogens is 220 g/mol. The van der Waals surface area contributed by atoms with Gasteiger partial charge in [-0.3, -0.25) is 14.7 Å². The molecule has 0 spiro atoms. The number of aryl methyl sites for hydroxylation is 1. The van der Waals surface area contributed by atoms with Crippen LogP contribution in [-0.2, 0) is 0 Å². The standard InChI is InChI=1S/C11H8N4O2/c1-5-3-2-4-6-7(5)10(16)8-9(11(17)12-6)14-15-13-8/h2-4H,1H3,(H,12,17)(H,13,14,15). The highest BCUT2D eigenvalue weighted by Gasteiger charge is 2.10. The molecule has 0 aliphatic rings. The number of rotatable bonds is 0. The average Bonchev–Trinajstić information content (AvgIpc) is 2.73. The molecule has 17 heavy (non-hydrogen) atoms. The van der Waals surface area contributed by atoms with Crippen molar-refractivity contribution in [2.75, 3.05) is 0 Å². The second kappa shape index (κ2) is 3.24. The van der Waals surface area contributed by atoms with Gasteiger partial charge in [-0.25, -0.2) is 0 Å². The van der Waals surface area contributed by atoms with Gasteiger partial charge < -0.3 is 4.98 Å². The highest BCUT2D eigenvalue weighted by molar-refractivity contribution is 5.88. The van der Waals surface area contributed by atoms with E-state index in [1.165, 1.54) is 0 Å². The molecule has 0 saturated heterocycles. The molecule has 0 fully saturated rings. The van der Waals surface area contributed by atoms with Gasteiger partial charge in [0.25, 0.3) is 5.56 Å². The summed E-state index contributed by atoms with van der Waals surface area (Å²) in [5, 5.41) is 10.1. The van der Waals surface area contributed by atoms with Gasteiger partial charge in [-0.2, -0.15) is 0 Å². The maximum absolute atomic E-state index is 12.3. The fourth-order valence-corrected chi connectivity index (χ4v) is 1.93. The first-order chi connectivity index (χ1) is 8.18. The number of hydrogen-bond acceptors (Lipinski definition) is 4. The van der Waals surface area contributed by atoms with Gasteiger partial charge in [0.15, 0.2) is 5.52 Å². The smallest absolute Gasteiger partial charge is 0.278 e. The van der Waals surface area contributed by atoms with E-state index in [2.05, 4.69) is 20.4 Å². The average molecular weight is 228 g/mol. The Morgan fingerprint density at radius 2 is 2.06 bits per heavy atom. The van der Waals surface area contributed by atoms with E-state index in [-0.39, 0.29) is 16.5 Å². The maximum Gasteiger partial charge on any atom is 0.278 e. The molecule has 3 aromatic rings. The van der Waals surface area contributed by atoms with E-state index in [0.29, 0.717) is 10.9 Å². The van der Waals surface area contributed by atoms with Gasteiger partial charge in [0.1, 0.15) is 5.52 Å². The molecular formula is C11H8N4O2. The molecule has 0 amide bonds. The molecule has 2 N–H and O–H groups in total. The SMILES string of the molecule is Cc1cccc2[nH]c(=O)c3nn[nH]c3c(=O)c12.